The Balaban J connectivity index is 2.96. The zero-order valence-electron chi connectivity index (χ0n) is 10.3. The third-order valence-corrected chi connectivity index (χ3v) is 3.43. The van der Waals surface area contributed by atoms with Crippen molar-refractivity contribution >= 4 is 5.97 Å². The highest BCUT2D eigenvalue weighted by molar-refractivity contribution is 5.68. The van der Waals surface area contributed by atoms with Crippen LogP contribution in [0.3, 0.4) is 0 Å². The molecule has 0 radical (unpaired) electrons. The second-order valence-corrected chi connectivity index (χ2v) is 5.70. The minimum atomic E-state index is -0.912. The average Bonchev–Trinajstić information content (AvgIpc) is 2.15. The Morgan fingerprint density at radius 1 is 1.50 bits per heavy atom. The van der Waals surface area contributed by atoms with Crippen LogP contribution >= 0.6 is 0 Å². The van der Waals surface area contributed by atoms with Crippen LogP contribution in [0.2, 0.25) is 0 Å². The SMILES string of the molecule is CC(C)(C)C1CCCO[C@@]1(CO)CC(=O)O. The Morgan fingerprint density at radius 3 is 2.56 bits per heavy atom. The number of hydrogen-bond donors (Lipinski definition) is 2. The van der Waals surface area contributed by atoms with Crippen molar-refractivity contribution in [3.63, 3.8) is 0 Å². The topological polar surface area (TPSA) is 66.8 Å². The highest BCUT2D eigenvalue weighted by Crippen LogP contribution is 2.44. The number of hydrogen-bond acceptors (Lipinski definition) is 3. The van der Waals surface area contributed by atoms with Gasteiger partial charge in [-0.15, -0.1) is 0 Å². The minimum Gasteiger partial charge on any atom is -0.481 e. The molecule has 1 heterocycles. The van der Waals surface area contributed by atoms with Crippen LogP contribution in [-0.2, 0) is 9.53 Å². The van der Waals surface area contributed by atoms with Gasteiger partial charge in [0.1, 0.15) is 5.60 Å². The Hall–Kier alpha value is -0.610. The van der Waals surface area contributed by atoms with E-state index in [4.69, 9.17) is 9.84 Å². The maximum absolute atomic E-state index is 10.9. The fourth-order valence-corrected chi connectivity index (χ4v) is 2.79. The molecule has 1 fully saturated rings. The molecule has 1 aliphatic heterocycles. The first kappa shape index (κ1) is 13.5. The van der Waals surface area contributed by atoms with Gasteiger partial charge in [0, 0.05) is 6.61 Å². The number of carboxylic acid groups (broad SMARTS) is 1. The van der Waals surface area contributed by atoms with E-state index in [1.54, 1.807) is 0 Å². The molecule has 1 unspecified atom stereocenters. The molecule has 16 heavy (non-hydrogen) atoms. The van der Waals surface area contributed by atoms with E-state index in [-0.39, 0.29) is 24.4 Å². The standard InChI is InChI=1S/C12H22O4/c1-11(2,3)9-5-4-6-16-12(9,8-13)7-10(14)15/h9,13H,4-8H2,1-3H3,(H,14,15)/t9?,12-/m1/s1. The summed E-state index contributed by atoms with van der Waals surface area (Å²) in [7, 11) is 0. The molecule has 4 nitrogen and oxygen atoms in total. The zero-order chi connectivity index (χ0) is 12.4. The van der Waals surface area contributed by atoms with Crippen molar-refractivity contribution < 1.29 is 19.7 Å². The summed E-state index contributed by atoms with van der Waals surface area (Å²) < 4.78 is 5.63. The number of carboxylic acids is 1. The van der Waals surface area contributed by atoms with E-state index in [1.807, 2.05) is 0 Å². The summed E-state index contributed by atoms with van der Waals surface area (Å²) in [6.45, 7) is 6.53. The van der Waals surface area contributed by atoms with Crippen LogP contribution in [0, 0.1) is 11.3 Å². The van der Waals surface area contributed by atoms with E-state index in [0.29, 0.717) is 6.61 Å². The molecule has 0 aromatic rings. The van der Waals surface area contributed by atoms with Gasteiger partial charge in [-0.2, -0.15) is 0 Å². The second kappa shape index (κ2) is 4.72. The smallest absolute Gasteiger partial charge is 0.306 e. The first-order valence-corrected chi connectivity index (χ1v) is 5.78. The van der Waals surface area contributed by atoms with Crippen LogP contribution in [-0.4, -0.2) is 35.0 Å². The van der Waals surface area contributed by atoms with E-state index in [1.165, 1.54) is 0 Å². The van der Waals surface area contributed by atoms with Gasteiger partial charge in [-0.3, -0.25) is 4.79 Å². The second-order valence-electron chi connectivity index (χ2n) is 5.70. The van der Waals surface area contributed by atoms with Crippen LogP contribution in [0.1, 0.15) is 40.0 Å². The molecule has 4 heteroatoms. The first-order valence-electron chi connectivity index (χ1n) is 5.78. The average molecular weight is 230 g/mol. The quantitative estimate of drug-likeness (QED) is 0.774. The van der Waals surface area contributed by atoms with Gasteiger partial charge in [0.25, 0.3) is 0 Å². The van der Waals surface area contributed by atoms with Crippen molar-refractivity contribution in [2.24, 2.45) is 11.3 Å². The molecule has 0 aliphatic carbocycles. The highest BCUT2D eigenvalue weighted by Gasteiger charge is 2.48. The van der Waals surface area contributed by atoms with Gasteiger partial charge in [-0.25, -0.2) is 0 Å². The summed E-state index contributed by atoms with van der Waals surface area (Å²) in [5.41, 5.74) is -0.957. The molecule has 0 spiro atoms. The van der Waals surface area contributed by atoms with Crippen LogP contribution < -0.4 is 0 Å². The summed E-state index contributed by atoms with van der Waals surface area (Å²) >= 11 is 0. The van der Waals surface area contributed by atoms with Gasteiger partial charge in [-0.1, -0.05) is 20.8 Å². The maximum Gasteiger partial charge on any atom is 0.306 e. The normalized spacial score (nSPS) is 31.4. The molecule has 1 saturated heterocycles. The fourth-order valence-electron chi connectivity index (χ4n) is 2.79. The fraction of sp³-hybridized carbons (Fsp3) is 0.917. The number of carbonyl (C=O) groups is 1. The van der Waals surface area contributed by atoms with E-state index < -0.39 is 11.6 Å². The van der Waals surface area contributed by atoms with Crippen molar-refractivity contribution in [1.29, 1.82) is 0 Å². The molecule has 0 bridgehead atoms. The van der Waals surface area contributed by atoms with Gasteiger partial charge in [0.05, 0.1) is 13.0 Å². The van der Waals surface area contributed by atoms with Gasteiger partial charge in [-0.05, 0) is 24.2 Å². The monoisotopic (exact) mass is 230 g/mol. The number of ether oxygens (including phenoxy) is 1. The molecule has 0 aromatic heterocycles. The van der Waals surface area contributed by atoms with Crippen LogP contribution in [0.15, 0.2) is 0 Å². The summed E-state index contributed by atoms with van der Waals surface area (Å²) in [5, 5.41) is 18.5. The summed E-state index contributed by atoms with van der Waals surface area (Å²) in [4.78, 5) is 10.9. The lowest BCUT2D eigenvalue weighted by Gasteiger charge is -2.48. The van der Waals surface area contributed by atoms with Crippen LogP contribution in [0.5, 0.6) is 0 Å². The lowest BCUT2D eigenvalue weighted by Crippen LogP contribution is -2.53. The third kappa shape index (κ3) is 2.74. The van der Waals surface area contributed by atoms with Gasteiger partial charge in [0.2, 0.25) is 0 Å². The molecule has 1 aliphatic rings. The Morgan fingerprint density at radius 2 is 2.12 bits per heavy atom. The predicted octanol–water partition coefficient (Wildman–Crippen LogP) is 1.66. The van der Waals surface area contributed by atoms with E-state index in [9.17, 15) is 9.90 Å². The van der Waals surface area contributed by atoms with Gasteiger partial charge >= 0.3 is 5.97 Å². The molecular formula is C12H22O4. The minimum absolute atomic E-state index is 0.0569. The molecular weight excluding hydrogens is 208 g/mol. The molecule has 0 saturated carbocycles. The lowest BCUT2D eigenvalue weighted by atomic mass is 9.66. The Kier molecular flexibility index (Phi) is 3.97. The van der Waals surface area contributed by atoms with Crippen LogP contribution in [0.4, 0.5) is 0 Å². The van der Waals surface area contributed by atoms with Crippen molar-refractivity contribution in [3.05, 3.63) is 0 Å². The third-order valence-electron chi connectivity index (χ3n) is 3.43. The largest absolute Gasteiger partial charge is 0.481 e. The molecule has 1 rings (SSSR count). The van der Waals surface area contributed by atoms with Crippen LogP contribution in [0.25, 0.3) is 0 Å². The molecule has 0 amide bonds. The summed E-state index contributed by atoms with van der Waals surface area (Å²) in [6, 6.07) is 0. The maximum atomic E-state index is 10.9. The number of aliphatic carboxylic acids is 1. The lowest BCUT2D eigenvalue weighted by molar-refractivity contribution is -0.185. The van der Waals surface area contributed by atoms with Crippen molar-refractivity contribution in [2.75, 3.05) is 13.2 Å². The summed E-state index contributed by atoms with van der Waals surface area (Å²) in [6.07, 6.45) is 1.73. The van der Waals surface area contributed by atoms with E-state index in [2.05, 4.69) is 20.8 Å². The Labute approximate surface area is 96.6 Å². The number of aliphatic hydroxyl groups excluding tert-OH is 1. The molecule has 2 atom stereocenters. The van der Waals surface area contributed by atoms with Gasteiger partial charge in [0.15, 0.2) is 0 Å². The summed E-state index contributed by atoms with van der Waals surface area (Å²) in [5.74, 6) is -0.833. The van der Waals surface area contributed by atoms with Crippen molar-refractivity contribution in [3.8, 4) is 0 Å². The van der Waals surface area contributed by atoms with Crippen molar-refractivity contribution in [1.82, 2.24) is 0 Å². The first-order chi connectivity index (χ1) is 7.32. The number of rotatable bonds is 3. The number of aliphatic hydroxyl groups is 1. The molecule has 0 aromatic carbocycles. The molecule has 2 N–H and O–H groups in total. The van der Waals surface area contributed by atoms with Gasteiger partial charge < -0.3 is 14.9 Å². The highest BCUT2D eigenvalue weighted by atomic mass is 16.5. The molecule has 94 valence electrons. The predicted molar refractivity (Wildman–Crippen MR) is 60.2 cm³/mol. The van der Waals surface area contributed by atoms with Crippen molar-refractivity contribution in [2.45, 2.75) is 45.6 Å². The van der Waals surface area contributed by atoms with E-state index >= 15 is 0 Å². The van der Waals surface area contributed by atoms with E-state index in [0.717, 1.165) is 12.8 Å². The Bertz CT molecular complexity index is 256. The zero-order valence-corrected chi connectivity index (χ0v) is 10.3.